The molecular weight excluding hydrogens is 332 g/mol. The molecule has 148 valence electrons. The standard InChI is InChI=1S/C24H36N2O/c27-23-12-15-24(26(23)20-22-10-5-2-6-11-22)14-7-17-25(19-16-24)18-13-21-8-3-1-4-9-21/h1,3-4,8-9,22H,2,5-7,10-20H2/t24-/m0/s1. The summed E-state index contributed by atoms with van der Waals surface area (Å²) in [6.45, 7) is 4.54. The van der Waals surface area contributed by atoms with Crippen LogP contribution in [0.2, 0.25) is 0 Å². The highest BCUT2D eigenvalue weighted by Gasteiger charge is 2.46. The number of rotatable bonds is 5. The van der Waals surface area contributed by atoms with Gasteiger partial charge in [-0.1, -0.05) is 49.6 Å². The van der Waals surface area contributed by atoms with Gasteiger partial charge in [0.15, 0.2) is 0 Å². The fourth-order valence-corrected chi connectivity index (χ4v) is 5.71. The Balaban J connectivity index is 1.35. The molecule has 0 bridgehead atoms. The van der Waals surface area contributed by atoms with Crippen molar-refractivity contribution in [2.24, 2.45) is 5.92 Å². The maximum atomic E-state index is 12.7. The van der Waals surface area contributed by atoms with Crippen LogP contribution in [0.15, 0.2) is 30.3 Å². The topological polar surface area (TPSA) is 23.6 Å². The summed E-state index contributed by atoms with van der Waals surface area (Å²) in [7, 11) is 0. The van der Waals surface area contributed by atoms with Gasteiger partial charge in [-0.15, -0.1) is 0 Å². The van der Waals surface area contributed by atoms with E-state index in [2.05, 4.69) is 40.1 Å². The third-order valence-corrected chi connectivity index (χ3v) is 7.41. The van der Waals surface area contributed by atoms with Gasteiger partial charge in [0.2, 0.25) is 5.91 Å². The minimum absolute atomic E-state index is 0.177. The van der Waals surface area contributed by atoms with Crippen molar-refractivity contribution in [3.05, 3.63) is 35.9 Å². The molecule has 27 heavy (non-hydrogen) atoms. The van der Waals surface area contributed by atoms with Crippen LogP contribution >= 0.6 is 0 Å². The van der Waals surface area contributed by atoms with Gasteiger partial charge in [-0.25, -0.2) is 0 Å². The monoisotopic (exact) mass is 368 g/mol. The molecule has 1 saturated carbocycles. The molecule has 0 radical (unpaired) electrons. The average Bonchev–Trinajstić information content (AvgIpc) is 2.89. The van der Waals surface area contributed by atoms with Crippen LogP contribution in [-0.4, -0.2) is 47.4 Å². The van der Waals surface area contributed by atoms with Crippen molar-refractivity contribution in [2.75, 3.05) is 26.2 Å². The molecule has 1 spiro atoms. The lowest BCUT2D eigenvalue weighted by molar-refractivity contribution is -0.132. The lowest BCUT2D eigenvalue weighted by atomic mass is 9.84. The van der Waals surface area contributed by atoms with Crippen molar-refractivity contribution in [1.82, 2.24) is 9.80 Å². The SMILES string of the molecule is O=C1CC[C@]2(CCCN(CCc3ccccc3)CC2)N1CC1CCCCC1. The summed E-state index contributed by atoms with van der Waals surface area (Å²) in [5.74, 6) is 1.20. The Morgan fingerprint density at radius 3 is 2.56 bits per heavy atom. The Morgan fingerprint density at radius 1 is 0.926 bits per heavy atom. The Morgan fingerprint density at radius 2 is 1.74 bits per heavy atom. The van der Waals surface area contributed by atoms with Crippen molar-refractivity contribution >= 4 is 5.91 Å². The highest BCUT2D eigenvalue weighted by molar-refractivity contribution is 5.79. The van der Waals surface area contributed by atoms with E-state index in [0.717, 1.165) is 44.8 Å². The first-order valence-corrected chi connectivity index (χ1v) is 11.3. The number of hydrogen-bond acceptors (Lipinski definition) is 2. The first kappa shape index (κ1) is 19.0. The zero-order valence-electron chi connectivity index (χ0n) is 16.9. The quantitative estimate of drug-likeness (QED) is 0.755. The Labute approximate surface area is 165 Å². The molecule has 2 aliphatic heterocycles. The molecule has 1 aromatic carbocycles. The third-order valence-electron chi connectivity index (χ3n) is 7.41. The van der Waals surface area contributed by atoms with Crippen molar-refractivity contribution < 1.29 is 4.79 Å². The lowest BCUT2D eigenvalue weighted by Gasteiger charge is -2.41. The number of nitrogens with zero attached hydrogens (tertiary/aromatic N) is 2. The van der Waals surface area contributed by atoms with Crippen molar-refractivity contribution in [2.45, 2.75) is 76.2 Å². The summed E-state index contributed by atoms with van der Waals surface area (Å²) in [6, 6.07) is 10.8. The molecule has 3 aliphatic rings. The molecule has 1 aliphatic carbocycles. The van der Waals surface area contributed by atoms with Crippen molar-refractivity contribution in [3.63, 3.8) is 0 Å². The van der Waals surface area contributed by atoms with Gasteiger partial charge in [0, 0.05) is 31.6 Å². The van der Waals surface area contributed by atoms with E-state index in [9.17, 15) is 4.79 Å². The summed E-state index contributed by atoms with van der Waals surface area (Å²) >= 11 is 0. The van der Waals surface area contributed by atoms with E-state index in [0.29, 0.717) is 5.91 Å². The predicted octanol–water partition coefficient (Wildman–Crippen LogP) is 4.66. The summed E-state index contributed by atoms with van der Waals surface area (Å²) in [4.78, 5) is 17.7. The van der Waals surface area contributed by atoms with E-state index in [1.165, 1.54) is 63.5 Å². The Kier molecular flexibility index (Phi) is 6.17. The molecule has 0 N–H and O–H groups in total. The van der Waals surface area contributed by atoms with E-state index >= 15 is 0 Å². The molecule has 2 heterocycles. The van der Waals surface area contributed by atoms with E-state index in [4.69, 9.17) is 0 Å². The van der Waals surface area contributed by atoms with Gasteiger partial charge in [0.1, 0.15) is 0 Å². The Bertz CT molecular complexity index is 610. The van der Waals surface area contributed by atoms with E-state index < -0.39 is 0 Å². The zero-order valence-corrected chi connectivity index (χ0v) is 16.9. The molecule has 3 nitrogen and oxygen atoms in total. The molecule has 3 fully saturated rings. The average molecular weight is 369 g/mol. The van der Waals surface area contributed by atoms with E-state index in [-0.39, 0.29) is 5.54 Å². The largest absolute Gasteiger partial charge is 0.337 e. The normalized spacial score (nSPS) is 28.0. The van der Waals surface area contributed by atoms with Gasteiger partial charge < -0.3 is 9.80 Å². The predicted molar refractivity (Wildman–Crippen MR) is 111 cm³/mol. The van der Waals surface area contributed by atoms with Crippen LogP contribution in [0.5, 0.6) is 0 Å². The third kappa shape index (κ3) is 4.56. The maximum Gasteiger partial charge on any atom is 0.223 e. The molecule has 4 rings (SSSR count). The number of carbonyl (C=O) groups excluding carboxylic acids is 1. The second-order valence-corrected chi connectivity index (χ2v) is 9.16. The van der Waals surface area contributed by atoms with Crippen LogP contribution in [-0.2, 0) is 11.2 Å². The van der Waals surface area contributed by atoms with Crippen LogP contribution in [0.3, 0.4) is 0 Å². The first-order chi connectivity index (χ1) is 13.3. The van der Waals surface area contributed by atoms with Gasteiger partial charge in [-0.05, 0) is 63.0 Å². The molecule has 0 aromatic heterocycles. The number of carbonyl (C=O) groups is 1. The van der Waals surface area contributed by atoms with Crippen LogP contribution in [0, 0.1) is 5.92 Å². The summed E-state index contributed by atoms with van der Waals surface area (Å²) in [5.41, 5.74) is 1.61. The van der Waals surface area contributed by atoms with Crippen molar-refractivity contribution in [3.8, 4) is 0 Å². The summed E-state index contributed by atoms with van der Waals surface area (Å²) in [6.07, 6.45) is 13.5. The van der Waals surface area contributed by atoms with Crippen LogP contribution in [0.25, 0.3) is 0 Å². The lowest BCUT2D eigenvalue weighted by Crippen LogP contribution is -2.48. The van der Waals surface area contributed by atoms with E-state index in [1.807, 2.05) is 0 Å². The van der Waals surface area contributed by atoms with Crippen LogP contribution in [0.1, 0.15) is 69.8 Å². The van der Waals surface area contributed by atoms with Crippen molar-refractivity contribution in [1.29, 1.82) is 0 Å². The number of hydrogen-bond donors (Lipinski definition) is 0. The molecule has 0 unspecified atom stereocenters. The minimum atomic E-state index is 0.177. The fourth-order valence-electron chi connectivity index (χ4n) is 5.71. The number of amides is 1. The highest BCUT2D eigenvalue weighted by Crippen LogP contribution is 2.40. The van der Waals surface area contributed by atoms with Gasteiger partial charge in [0.05, 0.1) is 0 Å². The minimum Gasteiger partial charge on any atom is -0.337 e. The zero-order chi connectivity index (χ0) is 18.5. The second-order valence-electron chi connectivity index (χ2n) is 9.16. The van der Waals surface area contributed by atoms with E-state index in [1.54, 1.807) is 0 Å². The van der Waals surface area contributed by atoms with Gasteiger partial charge in [-0.3, -0.25) is 4.79 Å². The second kappa shape index (κ2) is 8.77. The number of likely N-dealkylation sites (tertiary alicyclic amines) is 2. The van der Waals surface area contributed by atoms with Crippen LogP contribution in [0.4, 0.5) is 0 Å². The molecule has 2 saturated heterocycles. The summed E-state index contributed by atoms with van der Waals surface area (Å²) < 4.78 is 0. The summed E-state index contributed by atoms with van der Waals surface area (Å²) in [5, 5.41) is 0. The van der Waals surface area contributed by atoms with Gasteiger partial charge in [0.25, 0.3) is 0 Å². The molecule has 1 aromatic rings. The Hall–Kier alpha value is -1.35. The first-order valence-electron chi connectivity index (χ1n) is 11.3. The molecule has 1 atom stereocenters. The highest BCUT2D eigenvalue weighted by atomic mass is 16.2. The molecular formula is C24H36N2O. The smallest absolute Gasteiger partial charge is 0.223 e. The van der Waals surface area contributed by atoms with Gasteiger partial charge >= 0.3 is 0 Å². The molecule has 3 heteroatoms. The fraction of sp³-hybridized carbons (Fsp3) is 0.708. The maximum absolute atomic E-state index is 12.7. The molecule has 1 amide bonds. The number of benzene rings is 1. The van der Waals surface area contributed by atoms with Gasteiger partial charge in [-0.2, -0.15) is 0 Å². The van der Waals surface area contributed by atoms with Crippen LogP contribution < -0.4 is 0 Å².